The lowest BCUT2D eigenvalue weighted by Gasteiger charge is -2.04. The van der Waals surface area contributed by atoms with E-state index in [1.54, 1.807) is 6.08 Å². The molecule has 1 aromatic carbocycles. The normalized spacial score (nSPS) is 12.0. The highest BCUT2D eigenvalue weighted by Crippen LogP contribution is 2.22. The average Bonchev–Trinajstić information content (AvgIpc) is 2.21. The van der Waals surface area contributed by atoms with E-state index in [0.717, 1.165) is 16.0 Å². The van der Waals surface area contributed by atoms with Gasteiger partial charge >= 0.3 is 0 Å². The van der Waals surface area contributed by atoms with Crippen molar-refractivity contribution >= 4 is 18.2 Å². The first-order valence-corrected chi connectivity index (χ1v) is 4.98. The molecule has 0 N–H and O–H groups in total. The van der Waals surface area contributed by atoms with Crippen LogP contribution in [-0.4, -0.2) is 0 Å². The van der Waals surface area contributed by atoms with Crippen molar-refractivity contribution in [3.05, 3.63) is 60.7 Å². The van der Waals surface area contributed by atoms with E-state index in [0.29, 0.717) is 0 Å². The van der Waals surface area contributed by atoms with Crippen LogP contribution in [-0.2, 0) is 0 Å². The van der Waals surface area contributed by atoms with E-state index in [1.165, 1.54) is 0 Å². The number of thiol groups is 1. The summed E-state index contributed by atoms with van der Waals surface area (Å²) >= 11 is 4.41. The number of hydrogen-bond acceptors (Lipinski definition) is 1. The summed E-state index contributed by atoms with van der Waals surface area (Å²) < 4.78 is 0. The molecule has 14 heavy (non-hydrogen) atoms. The summed E-state index contributed by atoms with van der Waals surface area (Å²) in [6, 6.07) is 8.05. The third-order valence-corrected chi connectivity index (χ3v) is 2.33. The van der Waals surface area contributed by atoms with Crippen LogP contribution in [0.1, 0.15) is 12.5 Å². The van der Waals surface area contributed by atoms with Gasteiger partial charge < -0.3 is 0 Å². The SMILES string of the molecule is C=C/C=C\C(=C/C)c1ccccc1S. The molecule has 0 saturated carbocycles. The van der Waals surface area contributed by atoms with Crippen molar-refractivity contribution in [1.82, 2.24) is 0 Å². The molecule has 0 heterocycles. The van der Waals surface area contributed by atoms with Crippen LogP contribution in [0, 0.1) is 0 Å². The van der Waals surface area contributed by atoms with Crippen LogP contribution < -0.4 is 0 Å². The first-order chi connectivity index (χ1) is 6.79. The molecular formula is C13H14S. The number of allylic oxidation sites excluding steroid dienone is 5. The van der Waals surface area contributed by atoms with Crippen molar-refractivity contribution in [2.24, 2.45) is 0 Å². The van der Waals surface area contributed by atoms with E-state index < -0.39 is 0 Å². The minimum atomic E-state index is 0.995. The zero-order valence-electron chi connectivity index (χ0n) is 8.27. The molecule has 0 atom stereocenters. The number of benzene rings is 1. The molecule has 0 amide bonds. The van der Waals surface area contributed by atoms with Gasteiger partial charge in [0.1, 0.15) is 0 Å². The molecule has 1 aromatic rings. The van der Waals surface area contributed by atoms with Crippen molar-refractivity contribution in [2.45, 2.75) is 11.8 Å². The second-order valence-electron chi connectivity index (χ2n) is 2.86. The van der Waals surface area contributed by atoms with Crippen LogP contribution in [0.5, 0.6) is 0 Å². The maximum Gasteiger partial charge on any atom is 0.0118 e. The molecule has 0 saturated heterocycles. The second-order valence-corrected chi connectivity index (χ2v) is 3.34. The van der Waals surface area contributed by atoms with E-state index in [9.17, 15) is 0 Å². The molecule has 0 fully saturated rings. The molecule has 0 bridgehead atoms. The van der Waals surface area contributed by atoms with E-state index in [4.69, 9.17) is 0 Å². The molecule has 1 rings (SSSR count). The van der Waals surface area contributed by atoms with Crippen molar-refractivity contribution in [1.29, 1.82) is 0 Å². The van der Waals surface area contributed by atoms with Crippen LogP contribution in [0.4, 0.5) is 0 Å². The van der Waals surface area contributed by atoms with E-state index in [-0.39, 0.29) is 0 Å². The first kappa shape index (κ1) is 10.9. The van der Waals surface area contributed by atoms with Crippen molar-refractivity contribution in [2.75, 3.05) is 0 Å². The minimum absolute atomic E-state index is 0.995. The Hall–Kier alpha value is -1.21. The van der Waals surface area contributed by atoms with Gasteiger partial charge in [-0.2, -0.15) is 0 Å². The summed E-state index contributed by atoms with van der Waals surface area (Å²) in [5.41, 5.74) is 2.31. The van der Waals surface area contributed by atoms with Gasteiger partial charge in [-0.05, 0) is 24.1 Å². The lowest BCUT2D eigenvalue weighted by molar-refractivity contribution is 1.41. The Morgan fingerprint density at radius 3 is 2.64 bits per heavy atom. The van der Waals surface area contributed by atoms with Crippen LogP contribution >= 0.6 is 12.6 Å². The summed E-state index contributed by atoms with van der Waals surface area (Å²) in [6.07, 6.45) is 7.79. The third-order valence-electron chi connectivity index (χ3n) is 1.94. The Labute approximate surface area is 91.1 Å². The predicted octanol–water partition coefficient (Wildman–Crippen LogP) is 4.12. The zero-order chi connectivity index (χ0) is 10.4. The maximum absolute atomic E-state index is 4.41. The van der Waals surface area contributed by atoms with Crippen molar-refractivity contribution < 1.29 is 0 Å². The quantitative estimate of drug-likeness (QED) is 0.553. The predicted molar refractivity (Wildman–Crippen MR) is 66.7 cm³/mol. The molecule has 0 nitrogen and oxygen atoms in total. The van der Waals surface area contributed by atoms with Gasteiger partial charge in [0.15, 0.2) is 0 Å². The van der Waals surface area contributed by atoms with Gasteiger partial charge in [0.05, 0.1) is 0 Å². The molecule has 0 spiro atoms. The van der Waals surface area contributed by atoms with E-state index in [2.05, 4.69) is 31.4 Å². The molecular weight excluding hydrogens is 188 g/mol. The zero-order valence-corrected chi connectivity index (χ0v) is 9.17. The topological polar surface area (TPSA) is 0 Å². The molecule has 0 unspecified atom stereocenters. The van der Waals surface area contributed by atoms with Gasteiger partial charge in [-0.15, -0.1) is 12.6 Å². The van der Waals surface area contributed by atoms with Gasteiger partial charge in [0.2, 0.25) is 0 Å². The molecule has 72 valence electrons. The standard InChI is InChI=1S/C13H14S/c1-3-5-8-11(4-2)12-9-6-7-10-13(12)14/h3-10,14H,1H2,2H3/b8-5-,11-4+. The van der Waals surface area contributed by atoms with Gasteiger partial charge in [0.25, 0.3) is 0 Å². The fourth-order valence-corrected chi connectivity index (χ4v) is 1.52. The van der Waals surface area contributed by atoms with Gasteiger partial charge in [-0.3, -0.25) is 0 Å². The Kier molecular flexibility index (Phi) is 4.27. The molecule has 0 aliphatic heterocycles. The summed E-state index contributed by atoms with van der Waals surface area (Å²) in [7, 11) is 0. The number of hydrogen-bond donors (Lipinski definition) is 1. The van der Waals surface area contributed by atoms with Crippen molar-refractivity contribution in [3.8, 4) is 0 Å². The second kappa shape index (κ2) is 5.51. The Morgan fingerprint density at radius 2 is 2.07 bits per heavy atom. The lowest BCUT2D eigenvalue weighted by Crippen LogP contribution is -1.82. The summed E-state index contributed by atoms with van der Waals surface area (Å²) in [4.78, 5) is 0.995. The Morgan fingerprint density at radius 1 is 1.36 bits per heavy atom. The molecule has 0 aliphatic rings. The fraction of sp³-hybridized carbons (Fsp3) is 0.0769. The van der Waals surface area contributed by atoms with Crippen LogP contribution in [0.2, 0.25) is 0 Å². The first-order valence-electron chi connectivity index (χ1n) is 4.53. The molecule has 0 aromatic heterocycles. The average molecular weight is 202 g/mol. The smallest absolute Gasteiger partial charge is 0.0118 e. The largest absolute Gasteiger partial charge is 0.143 e. The molecule has 0 radical (unpaired) electrons. The molecule has 1 heteroatoms. The van der Waals surface area contributed by atoms with Gasteiger partial charge in [-0.25, -0.2) is 0 Å². The van der Waals surface area contributed by atoms with Crippen LogP contribution in [0.15, 0.2) is 60.0 Å². The summed E-state index contributed by atoms with van der Waals surface area (Å²) in [5.74, 6) is 0. The fourth-order valence-electron chi connectivity index (χ4n) is 1.23. The summed E-state index contributed by atoms with van der Waals surface area (Å²) in [5, 5.41) is 0. The van der Waals surface area contributed by atoms with E-state index in [1.807, 2.05) is 37.3 Å². The monoisotopic (exact) mass is 202 g/mol. The van der Waals surface area contributed by atoms with Crippen LogP contribution in [0.3, 0.4) is 0 Å². The maximum atomic E-state index is 4.41. The van der Waals surface area contributed by atoms with Crippen molar-refractivity contribution in [3.63, 3.8) is 0 Å². The highest BCUT2D eigenvalue weighted by atomic mass is 32.1. The van der Waals surface area contributed by atoms with Crippen LogP contribution in [0.25, 0.3) is 5.57 Å². The number of rotatable bonds is 3. The highest BCUT2D eigenvalue weighted by molar-refractivity contribution is 7.80. The van der Waals surface area contributed by atoms with Gasteiger partial charge in [-0.1, -0.05) is 49.1 Å². The lowest BCUT2D eigenvalue weighted by atomic mass is 10.1. The highest BCUT2D eigenvalue weighted by Gasteiger charge is 1.99. The summed E-state index contributed by atoms with van der Waals surface area (Å²) in [6.45, 7) is 5.67. The minimum Gasteiger partial charge on any atom is -0.143 e. The van der Waals surface area contributed by atoms with E-state index >= 15 is 0 Å². The Balaban J connectivity index is 3.08. The van der Waals surface area contributed by atoms with Gasteiger partial charge in [0, 0.05) is 4.90 Å². The molecule has 0 aliphatic carbocycles. The third kappa shape index (κ3) is 2.64. The Bertz CT molecular complexity index is 373.